The molecule has 7 heteroatoms. The van der Waals surface area contributed by atoms with E-state index in [9.17, 15) is 14.4 Å². The Hall–Kier alpha value is -2.96. The minimum absolute atomic E-state index is 0.459. The van der Waals surface area contributed by atoms with Crippen molar-refractivity contribution in [2.75, 3.05) is 20.6 Å². The summed E-state index contributed by atoms with van der Waals surface area (Å²) in [6.45, 7) is 0.459. The van der Waals surface area contributed by atoms with E-state index in [0.29, 0.717) is 13.0 Å². The van der Waals surface area contributed by atoms with Crippen molar-refractivity contribution in [3.8, 4) is 0 Å². The monoisotopic (exact) mass is 326 g/mol. The Morgan fingerprint density at radius 3 is 2.50 bits per heavy atom. The van der Waals surface area contributed by atoms with Crippen LogP contribution in [0.3, 0.4) is 0 Å². The zero-order valence-corrected chi connectivity index (χ0v) is 13.5. The third-order valence-electron chi connectivity index (χ3n) is 4.21. The van der Waals surface area contributed by atoms with Gasteiger partial charge in [-0.25, -0.2) is 4.79 Å². The molecule has 1 fully saturated rings. The molecule has 1 saturated heterocycles. The predicted octanol–water partition coefficient (Wildman–Crippen LogP) is 1.45. The number of nitrogens with one attached hydrogen (secondary N) is 1. The van der Waals surface area contributed by atoms with Gasteiger partial charge >= 0.3 is 6.03 Å². The number of benzene rings is 1. The van der Waals surface area contributed by atoms with Crippen LogP contribution in [-0.4, -0.2) is 59.5 Å². The van der Waals surface area contributed by atoms with Crippen LogP contribution in [0.1, 0.15) is 5.56 Å². The van der Waals surface area contributed by atoms with Gasteiger partial charge in [-0.2, -0.15) is 0 Å². The Morgan fingerprint density at radius 1 is 1.12 bits per heavy atom. The van der Waals surface area contributed by atoms with E-state index in [2.05, 4.69) is 9.98 Å². The number of imide groups is 2. The maximum atomic E-state index is 12.1. The van der Waals surface area contributed by atoms with Crippen molar-refractivity contribution in [2.45, 2.75) is 6.42 Å². The van der Waals surface area contributed by atoms with Gasteiger partial charge in [-0.15, -0.1) is 0 Å². The third kappa shape index (κ3) is 2.68. The highest BCUT2D eigenvalue weighted by Gasteiger charge is 2.41. The first-order valence-corrected chi connectivity index (χ1v) is 7.64. The lowest BCUT2D eigenvalue weighted by atomic mass is 10.1. The van der Waals surface area contributed by atoms with E-state index < -0.39 is 23.8 Å². The number of barbiturate groups is 1. The SMILES string of the molecule is CN1C(=O)C(C=NCCc2c[nH]c3ccccc23)C(=O)N(C)C1=O. The number of hydrogen-bond acceptors (Lipinski definition) is 4. The number of rotatable bonds is 4. The molecule has 1 aliphatic rings. The summed E-state index contributed by atoms with van der Waals surface area (Å²) in [5.74, 6) is -2.11. The summed E-state index contributed by atoms with van der Waals surface area (Å²) in [7, 11) is 2.72. The highest BCUT2D eigenvalue weighted by Crippen LogP contribution is 2.18. The van der Waals surface area contributed by atoms with Gasteiger partial charge in [0.25, 0.3) is 0 Å². The third-order valence-corrected chi connectivity index (χ3v) is 4.21. The lowest BCUT2D eigenvalue weighted by Crippen LogP contribution is -2.57. The van der Waals surface area contributed by atoms with Crippen molar-refractivity contribution in [2.24, 2.45) is 10.9 Å². The molecule has 0 unspecified atom stereocenters. The highest BCUT2D eigenvalue weighted by atomic mass is 16.2. The van der Waals surface area contributed by atoms with E-state index in [1.165, 1.54) is 20.3 Å². The van der Waals surface area contributed by atoms with Crippen LogP contribution in [-0.2, 0) is 16.0 Å². The Morgan fingerprint density at radius 2 is 1.79 bits per heavy atom. The number of amides is 4. The standard InChI is InChI=1S/C17H18N4O3/c1-20-15(22)13(16(23)21(2)17(20)24)10-18-8-7-11-9-19-14-6-4-3-5-12(11)14/h3-6,9-10,13,19H,7-8H2,1-2H3. The second-order valence-electron chi connectivity index (χ2n) is 5.72. The fraction of sp³-hybridized carbons (Fsp3) is 0.294. The van der Waals surface area contributed by atoms with Crippen molar-refractivity contribution >= 4 is 35.0 Å². The number of aromatic nitrogens is 1. The van der Waals surface area contributed by atoms with E-state index >= 15 is 0 Å². The van der Waals surface area contributed by atoms with Crippen LogP contribution in [0.4, 0.5) is 4.79 Å². The quantitative estimate of drug-likeness (QED) is 0.681. The molecule has 2 aromatic rings. The lowest BCUT2D eigenvalue weighted by molar-refractivity contribution is -0.144. The molecule has 0 aliphatic carbocycles. The van der Waals surface area contributed by atoms with Crippen LogP contribution in [0, 0.1) is 5.92 Å². The summed E-state index contributed by atoms with van der Waals surface area (Å²) in [6, 6.07) is 7.37. The lowest BCUT2D eigenvalue weighted by Gasteiger charge is -2.31. The van der Waals surface area contributed by atoms with Crippen LogP contribution in [0.15, 0.2) is 35.5 Å². The minimum Gasteiger partial charge on any atom is -0.361 e. The Labute approximate surface area is 139 Å². The summed E-state index contributed by atoms with van der Waals surface area (Å²) >= 11 is 0. The molecule has 0 spiro atoms. The number of aromatic amines is 1. The molecule has 0 radical (unpaired) electrons. The molecule has 1 N–H and O–H groups in total. The molecule has 7 nitrogen and oxygen atoms in total. The molecule has 2 heterocycles. The van der Waals surface area contributed by atoms with Gasteiger partial charge in [-0.1, -0.05) is 18.2 Å². The van der Waals surface area contributed by atoms with E-state index in [1.807, 2.05) is 30.5 Å². The number of hydrogen-bond donors (Lipinski definition) is 1. The zero-order valence-electron chi connectivity index (χ0n) is 13.5. The van der Waals surface area contributed by atoms with E-state index in [1.54, 1.807) is 0 Å². The van der Waals surface area contributed by atoms with Gasteiger partial charge in [0.05, 0.1) is 0 Å². The number of carbonyl (C=O) groups excluding carboxylic acids is 3. The first-order chi connectivity index (χ1) is 11.5. The molecular formula is C17H18N4O3. The number of carbonyl (C=O) groups is 3. The predicted molar refractivity (Wildman–Crippen MR) is 89.8 cm³/mol. The number of H-pyrrole nitrogens is 1. The fourth-order valence-corrected chi connectivity index (χ4v) is 2.77. The Kier molecular flexibility index (Phi) is 4.16. The molecule has 1 aromatic carbocycles. The Balaban J connectivity index is 1.67. The van der Waals surface area contributed by atoms with Crippen molar-refractivity contribution in [3.63, 3.8) is 0 Å². The van der Waals surface area contributed by atoms with E-state index in [-0.39, 0.29) is 0 Å². The molecule has 1 aliphatic heterocycles. The summed E-state index contributed by atoms with van der Waals surface area (Å²) in [5.41, 5.74) is 2.20. The van der Waals surface area contributed by atoms with Crippen LogP contribution < -0.4 is 0 Å². The summed E-state index contributed by atoms with van der Waals surface area (Å²) in [4.78, 5) is 45.1. The highest BCUT2D eigenvalue weighted by molar-refractivity contribution is 6.23. The van der Waals surface area contributed by atoms with Gasteiger partial charge in [0.1, 0.15) is 0 Å². The van der Waals surface area contributed by atoms with Gasteiger partial charge in [-0.3, -0.25) is 24.4 Å². The average molecular weight is 326 g/mol. The van der Waals surface area contributed by atoms with Gasteiger partial charge in [0.15, 0.2) is 5.92 Å². The molecule has 0 atom stereocenters. The first-order valence-electron chi connectivity index (χ1n) is 7.64. The fourth-order valence-electron chi connectivity index (χ4n) is 2.77. The summed E-state index contributed by atoms with van der Waals surface area (Å²) in [6.07, 6.45) is 3.98. The van der Waals surface area contributed by atoms with Crippen LogP contribution >= 0.6 is 0 Å². The van der Waals surface area contributed by atoms with Crippen LogP contribution in [0.5, 0.6) is 0 Å². The molecule has 4 amide bonds. The van der Waals surface area contributed by atoms with E-state index in [4.69, 9.17) is 0 Å². The van der Waals surface area contributed by atoms with Gasteiger partial charge in [0, 0.05) is 44.0 Å². The average Bonchev–Trinajstić information content (AvgIpc) is 3.01. The smallest absolute Gasteiger partial charge is 0.332 e. The maximum Gasteiger partial charge on any atom is 0.332 e. The number of nitrogens with zero attached hydrogens (tertiary/aromatic N) is 3. The van der Waals surface area contributed by atoms with Crippen molar-refractivity contribution in [1.29, 1.82) is 0 Å². The summed E-state index contributed by atoms with van der Waals surface area (Å²) in [5, 5.41) is 1.14. The first kappa shape index (κ1) is 15.9. The largest absolute Gasteiger partial charge is 0.361 e. The maximum absolute atomic E-state index is 12.1. The summed E-state index contributed by atoms with van der Waals surface area (Å²) < 4.78 is 0. The van der Waals surface area contributed by atoms with E-state index in [0.717, 1.165) is 26.3 Å². The van der Waals surface area contributed by atoms with Crippen molar-refractivity contribution in [3.05, 3.63) is 36.0 Å². The van der Waals surface area contributed by atoms with Gasteiger partial charge < -0.3 is 4.98 Å². The van der Waals surface area contributed by atoms with Crippen molar-refractivity contribution < 1.29 is 14.4 Å². The topological polar surface area (TPSA) is 85.8 Å². The zero-order chi connectivity index (χ0) is 17.3. The van der Waals surface area contributed by atoms with Gasteiger partial charge in [0.2, 0.25) is 11.8 Å². The molecule has 0 saturated carbocycles. The Bertz CT molecular complexity index is 815. The number of para-hydroxylation sites is 1. The number of urea groups is 1. The second-order valence-corrected chi connectivity index (χ2v) is 5.72. The number of aliphatic imine (C=N–C) groups is 1. The van der Waals surface area contributed by atoms with Crippen LogP contribution in [0.2, 0.25) is 0 Å². The molecule has 24 heavy (non-hydrogen) atoms. The number of fused-ring (bicyclic) bond motifs is 1. The van der Waals surface area contributed by atoms with Gasteiger partial charge in [-0.05, 0) is 18.1 Å². The molecular weight excluding hydrogens is 308 g/mol. The molecule has 124 valence electrons. The second kappa shape index (κ2) is 6.27. The normalized spacial score (nSPS) is 16.8. The molecule has 1 aromatic heterocycles. The minimum atomic E-state index is -1.03. The van der Waals surface area contributed by atoms with Crippen molar-refractivity contribution in [1.82, 2.24) is 14.8 Å². The van der Waals surface area contributed by atoms with Crippen LogP contribution in [0.25, 0.3) is 10.9 Å². The molecule has 3 rings (SSSR count). The molecule has 0 bridgehead atoms.